The number of ether oxygens (including phenoxy) is 2. The maximum atomic E-state index is 12.4. The van der Waals surface area contributed by atoms with Gasteiger partial charge < -0.3 is 14.8 Å². The monoisotopic (exact) mass is 426 g/mol. The zero-order valence-electron chi connectivity index (χ0n) is 14.7. The topological polar surface area (TPSA) is 77.0 Å². The summed E-state index contributed by atoms with van der Waals surface area (Å²) in [6.07, 6.45) is -3.79. The number of esters is 1. The Morgan fingerprint density at radius 2 is 1.83 bits per heavy atom. The second-order valence-corrected chi connectivity index (χ2v) is 5.82. The zero-order valence-corrected chi connectivity index (χ0v) is 14.7. The van der Waals surface area contributed by atoms with Gasteiger partial charge in [0.15, 0.2) is 5.70 Å². The summed E-state index contributed by atoms with van der Waals surface area (Å²) in [4.78, 5) is 27.1. The van der Waals surface area contributed by atoms with Gasteiger partial charge in [-0.05, 0) is 48.0 Å². The van der Waals surface area contributed by atoms with E-state index in [2.05, 4.69) is 9.73 Å². The number of aliphatic imine (C=N–C) groups is 1. The summed E-state index contributed by atoms with van der Waals surface area (Å²) in [5, 5.41) is 1.70. The molecular formula is C19H11F5N2O4. The number of hydrogen-bond donors (Lipinski definition) is 1. The van der Waals surface area contributed by atoms with E-state index in [-0.39, 0.29) is 28.6 Å². The molecule has 2 aromatic carbocycles. The number of anilines is 1. The van der Waals surface area contributed by atoms with Crippen LogP contribution in [0.15, 0.2) is 59.2 Å². The van der Waals surface area contributed by atoms with Crippen LogP contribution in [-0.4, -0.2) is 30.6 Å². The first kappa shape index (κ1) is 21.0. The quantitative estimate of drug-likeness (QED) is 0.443. The van der Waals surface area contributed by atoms with Crippen molar-refractivity contribution in [1.29, 1.82) is 0 Å². The minimum absolute atomic E-state index is 0.0867. The third-order valence-electron chi connectivity index (χ3n) is 3.65. The molecule has 6 nitrogen and oxygen atoms in total. The Hall–Kier alpha value is -3.76. The molecule has 0 aromatic heterocycles. The molecule has 0 saturated carbocycles. The number of carbonyl (C=O) groups excluding carboxylic acids is 2. The third-order valence-corrected chi connectivity index (χ3v) is 3.65. The number of hydrogen-bond acceptors (Lipinski definition) is 5. The van der Waals surface area contributed by atoms with E-state index in [1.54, 1.807) is 5.32 Å². The van der Waals surface area contributed by atoms with Gasteiger partial charge in [-0.3, -0.25) is 4.79 Å². The fourth-order valence-corrected chi connectivity index (χ4v) is 2.38. The number of benzene rings is 2. The highest BCUT2D eigenvalue weighted by Gasteiger charge is 2.38. The van der Waals surface area contributed by atoms with Crippen LogP contribution in [0.1, 0.15) is 11.1 Å². The van der Waals surface area contributed by atoms with Gasteiger partial charge in [-0.15, -0.1) is 0 Å². The Labute approximate surface area is 165 Å². The van der Waals surface area contributed by atoms with E-state index in [4.69, 9.17) is 4.74 Å². The lowest BCUT2D eigenvalue weighted by Gasteiger charge is -2.08. The van der Waals surface area contributed by atoms with Crippen molar-refractivity contribution in [2.45, 2.75) is 12.8 Å². The fraction of sp³-hybridized carbons (Fsp3) is 0.105. The molecule has 30 heavy (non-hydrogen) atoms. The minimum atomic E-state index is -5.04. The molecule has 156 valence electrons. The molecule has 0 bridgehead atoms. The number of cyclic esters (lactones) is 1. The van der Waals surface area contributed by atoms with Gasteiger partial charge in [0.05, 0.1) is 0 Å². The summed E-state index contributed by atoms with van der Waals surface area (Å²) >= 11 is 0. The summed E-state index contributed by atoms with van der Waals surface area (Å²) in [7, 11) is 0. The maximum Gasteiger partial charge on any atom is 0.471 e. The Morgan fingerprint density at radius 3 is 2.47 bits per heavy atom. The molecule has 0 unspecified atom stereocenters. The van der Waals surface area contributed by atoms with Crippen molar-refractivity contribution in [3.05, 3.63) is 65.4 Å². The van der Waals surface area contributed by atoms with Crippen LogP contribution >= 0.6 is 0 Å². The average molecular weight is 426 g/mol. The van der Waals surface area contributed by atoms with E-state index in [1.807, 2.05) is 0 Å². The second-order valence-electron chi connectivity index (χ2n) is 5.82. The molecule has 0 saturated heterocycles. The maximum absolute atomic E-state index is 12.4. The molecule has 0 fully saturated rings. The molecule has 1 aliphatic rings. The van der Waals surface area contributed by atoms with E-state index < -0.39 is 24.7 Å². The van der Waals surface area contributed by atoms with E-state index >= 15 is 0 Å². The third kappa shape index (κ3) is 5.19. The highest BCUT2D eigenvalue weighted by Crippen LogP contribution is 2.23. The molecular weight excluding hydrogens is 415 g/mol. The smallest absolute Gasteiger partial charge is 0.435 e. The minimum Gasteiger partial charge on any atom is -0.435 e. The van der Waals surface area contributed by atoms with Gasteiger partial charge in [-0.2, -0.15) is 22.0 Å². The van der Waals surface area contributed by atoms with Crippen LogP contribution in [0.25, 0.3) is 6.08 Å². The van der Waals surface area contributed by atoms with Crippen molar-refractivity contribution in [3.8, 4) is 5.75 Å². The highest BCUT2D eigenvalue weighted by atomic mass is 19.4. The van der Waals surface area contributed by atoms with Gasteiger partial charge >= 0.3 is 24.7 Å². The number of nitrogens with zero attached hydrogens (tertiary/aromatic N) is 1. The highest BCUT2D eigenvalue weighted by molar-refractivity contribution is 6.13. The van der Waals surface area contributed by atoms with Crippen molar-refractivity contribution in [3.63, 3.8) is 0 Å². The number of rotatable bonds is 5. The second kappa shape index (κ2) is 8.31. The zero-order chi connectivity index (χ0) is 21.9. The predicted molar refractivity (Wildman–Crippen MR) is 94.8 cm³/mol. The standard InChI is InChI=1S/C19H11F5N2O4/c20-18(21)29-13-6-4-11(5-7-13)15-26-14(16(27)30-15)9-10-2-1-3-12(8-10)25-17(28)19(22,23)24/h1-9,18H,(H,25,28). The Morgan fingerprint density at radius 1 is 1.13 bits per heavy atom. The molecule has 11 heteroatoms. The molecule has 0 spiro atoms. The van der Waals surface area contributed by atoms with Crippen LogP contribution in [0, 0.1) is 0 Å². The molecule has 0 aliphatic carbocycles. The summed E-state index contributed by atoms with van der Waals surface area (Å²) in [5.74, 6) is -3.13. The largest absolute Gasteiger partial charge is 0.471 e. The number of halogens is 5. The first-order valence-corrected chi connectivity index (χ1v) is 8.18. The number of nitrogens with one attached hydrogen (secondary N) is 1. The van der Waals surface area contributed by atoms with Crippen molar-refractivity contribution < 1.29 is 41.0 Å². The Kier molecular flexibility index (Phi) is 5.81. The average Bonchev–Trinajstić information content (AvgIpc) is 3.02. The van der Waals surface area contributed by atoms with Gasteiger partial charge in [0.25, 0.3) is 0 Å². The molecule has 1 heterocycles. The van der Waals surface area contributed by atoms with Crippen LogP contribution < -0.4 is 10.1 Å². The van der Waals surface area contributed by atoms with Gasteiger partial charge in [-0.25, -0.2) is 9.79 Å². The first-order chi connectivity index (χ1) is 14.1. The van der Waals surface area contributed by atoms with Crippen molar-refractivity contribution in [2.75, 3.05) is 5.32 Å². The predicted octanol–water partition coefficient (Wildman–Crippen LogP) is 4.13. The van der Waals surface area contributed by atoms with E-state index in [0.717, 1.165) is 0 Å². The van der Waals surface area contributed by atoms with Gasteiger partial charge in [0.1, 0.15) is 5.75 Å². The summed E-state index contributed by atoms with van der Waals surface area (Å²) < 4.78 is 70.7. The van der Waals surface area contributed by atoms with Crippen molar-refractivity contribution in [2.24, 2.45) is 4.99 Å². The fourth-order valence-electron chi connectivity index (χ4n) is 2.38. The van der Waals surface area contributed by atoms with E-state index in [9.17, 15) is 31.5 Å². The lowest BCUT2D eigenvalue weighted by molar-refractivity contribution is -0.167. The van der Waals surface area contributed by atoms with Crippen LogP contribution in [0.4, 0.5) is 27.6 Å². The summed E-state index contributed by atoms with van der Waals surface area (Å²) in [5.41, 5.74) is 0.334. The molecule has 1 N–H and O–H groups in total. The van der Waals surface area contributed by atoms with Crippen LogP contribution in [-0.2, 0) is 14.3 Å². The lowest BCUT2D eigenvalue weighted by atomic mass is 10.1. The lowest BCUT2D eigenvalue weighted by Crippen LogP contribution is -2.29. The normalized spacial score (nSPS) is 15.2. The number of carbonyl (C=O) groups is 2. The summed E-state index contributed by atoms with van der Waals surface area (Å²) in [6, 6.07) is 10.5. The van der Waals surface area contributed by atoms with Crippen molar-refractivity contribution in [1.82, 2.24) is 0 Å². The summed E-state index contributed by atoms with van der Waals surface area (Å²) in [6.45, 7) is -2.98. The molecule has 3 rings (SSSR count). The van der Waals surface area contributed by atoms with Gasteiger partial charge in [-0.1, -0.05) is 12.1 Å². The number of amides is 1. The van der Waals surface area contributed by atoms with Crippen LogP contribution in [0.2, 0.25) is 0 Å². The van der Waals surface area contributed by atoms with Gasteiger partial charge in [0.2, 0.25) is 5.90 Å². The first-order valence-electron chi connectivity index (χ1n) is 8.18. The van der Waals surface area contributed by atoms with E-state index in [1.165, 1.54) is 54.6 Å². The van der Waals surface area contributed by atoms with Crippen molar-refractivity contribution >= 4 is 29.5 Å². The SMILES string of the molecule is O=C1OC(c2ccc(OC(F)F)cc2)=NC1=Cc1cccc(NC(=O)C(F)(F)F)c1. The molecule has 0 radical (unpaired) electrons. The van der Waals surface area contributed by atoms with E-state index in [0.29, 0.717) is 5.56 Å². The molecule has 1 aliphatic heterocycles. The molecule has 2 aromatic rings. The van der Waals surface area contributed by atoms with Crippen LogP contribution in [0.3, 0.4) is 0 Å². The molecule has 0 atom stereocenters. The Balaban J connectivity index is 1.79. The van der Waals surface area contributed by atoms with Gasteiger partial charge in [0, 0.05) is 11.3 Å². The number of alkyl halides is 5. The molecule has 1 amide bonds. The Bertz CT molecular complexity index is 1030. The van der Waals surface area contributed by atoms with Crippen LogP contribution in [0.5, 0.6) is 5.75 Å².